The van der Waals surface area contributed by atoms with Gasteiger partial charge in [0.25, 0.3) is 8.32 Å². The number of rotatable bonds is 10. The molecule has 0 radical (unpaired) electrons. The summed E-state index contributed by atoms with van der Waals surface area (Å²) in [5.41, 5.74) is -6.37. The summed E-state index contributed by atoms with van der Waals surface area (Å²) in [5.74, 6) is -46.9. The van der Waals surface area contributed by atoms with Gasteiger partial charge in [-0.3, -0.25) is 0 Å². The Hall–Kier alpha value is -1.01. The highest BCUT2D eigenvalue weighted by molar-refractivity contribution is 6.73. The molecule has 0 saturated heterocycles. The molecule has 1 nitrogen and oxygen atoms in total. The number of hydrogen-bond donors (Lipinski definition) is 0. The Labute approximate surface area is 169 Å². The molecule has 0 atom stereocenters. The topological polar surface area (TPSA) is 9.23 Å². The van der Waals surface area contributed by atoms with Gasteiger partial charge in [0, 0.05) is 20.0 Å². The van der Waals surface area contributed by atoms with Gasteiger partial charge >= 0.3 is 47.3 Å². The van der Waals surface area contributed by atoms with Gasteiger partial charge in [0.15, 0.2) is 0 Å². The molecule has 32 heavy (non-hydrogen) atoms. The van der Waals surface area contributed by atoms with Crippen molar-refractivity contribution in [3.05, 3.63) is 0 Å². The summed E-state index contributed by atoms with van der Waals surface area (Å²) in [5, 5.41) is 0. The molecule has 19 heteroatoms. The zero-order valence-electron chi connectivity index (χ0n) is 15.7. The molecule has 0 aliphatic heterocycles. The van der Waals surface area contributed by atoms with Crippen LogP contribution in [0.1, 0.15) is 12.8 Å². The zero-order chi connectivity index (χ0) is 26.6. The minimum atomic E-state index is -8.32. The largest absolute Gasteiger partial charge is 0.413 e. The minimum Gasteiger partial charge on any atom is -0.413 e. The molecule has 0 spiro atoms. The van der Waals surface area contributed by atoms with Crippen molar-refractivity contribution in [1.29, 1.82) is 0 Å². The lowest BCUT2D eigenvalue weighted by Crippen LogP contribution is -2.76. The van der Waals surface area contributed by atoms with E-state index in [0.717, 1.165) is 0 Å². The third-order valence-electron chi connectivity index (χ3n) is 4.42. The minimum absolute atomic E-state index is 0.0210. The smallest absolute Gasteiger partial charge is 0.389 e. The Morgan fingerprint density at radius 3 is 1.12 bits per heavy atom. The second-order valence-corrected chi connectivity index (χ2v) is 11.0. The average Bonchev–Trinajstić information content (AvgIpc) is 2.58. The Bertz CT molecular complexity index is 666. The SMILES string of the molecule is CO[Si](C)(C)C(F)(F)C(F)(F)C(F)(F)C(F)(F)C(F)(F)C(F)(F)C(F)(F)CCC(F)(F)F. The normalized spacial score (nSPS) is 16.5. The van der Waals surface area contributed by atoms with E-state index in [2.05, 4.69) is 4.43 Å². The van der Waals surface area contributed by atoms with E-state index in [9.17, 15) is 74.6 Å². The van der Waals surface area contributed by atoms with Crippen molar-refractivity contribution >= 4 is 8.32 Å². The van der Waals surface area contributed by atoms with E-state index in [1.54, 1.807) is 0 Å². The van der Waals surface area contributed by atoms with Crippen molar-refractivity contribution in [2.45, 2.75) is 73.2 Å². The molecule has 0 rings (SSSR count). The van der Waals surface area contributed by atoms with Crippen LogP contribution in [0.5, 0.6) is 0 Å². The monoisotopic (exact) mass is 536 g/mol. The van der Waals surface area contributed by atoms with Crippen LogP contribution in [-0.4, -0.2) is 62.7 Å². The van der Waals surface area contributed by atoms with Crippen molar-refractivity contribution in [2.24, 2.45) is 0 Å². The van der Waals surface area contributed by atoms with Crippen molar-refractivity contribution in [1.82, 2.24) is 0 Å². The summed E-state index contributed by atoms with van der Waals surface area (Å²) in [6.45, 7) is 0.0420. The van der Waals surface area contributed by atoms with Crippen LogP contribution in [0.4, 0.5) is 74.6 Å². The fraction of sp³-hybridized carbons (Fsp3) is 1.00. The van der Waals surface area contributed by atoms with Gasteiger partial charge in [-0.15, -0.1) is 0 Å². The van der Waals surface area contributed by atoms with Crippen LogP contribution in [0.2, 0.25) is 13.1 Å². The molecule has 0 aromatic rings. The summed E-state index contributed by atoms with van der Waals surface area (Å²) in [6, 6.07) is 0. The molecular weight excluding hydrogens is 523 g/mol. The maximum absolute atomic E-state index is 13.8. The van der Waals surface area contributed by atoms with Gasteiger partial charge in [0.2, 0.25) is 0 Å². The lowest BCUT2D eigenvalue weighted by atomic mass is 9.90. The molecule has 0 amide bonds. The van der Waals surface area contributed by atoms with E-state index < -0.39 is 68.4 Å². The predicted molar refractivity (Wildman–Crippen MR) is 74.4 cm³/mol. The zero-order valence-corrected chi connectivity index (χ0v) is 16.7. The highest BCUT2D eigenvalue weighted by Crippen LogP contribution is 2.63. The fourth-order valence-corrected chi connectivity index (χ4v) is 3.15. The first kappa shape index (κ1) is 31.0. The molecule has 0 aromatic carbocycles. The second kappa shape index (κ2) is 8.04. The Morgan fingerprint density at radius 1 is 0.500 bits per heavy atom. The van der Waals surface area contributed by atoms with Crippen LogP contribution >= 0.6 is 0 Å². The third-order valence-corrected chi connectivity index (χ3v) is 7.27. The summed E-state index contributed by atoms with van der Waals surface area (Å²) in [6.07, 6.45) is -12.1. The van der Waals surface area contributed by atoms with Gasteiger partial charge < -0.3 is 4.43 Å². The van der Waals surface area contributed by atoms with Crippen molar-refractivity contribution in [2.75, 3.05) is 7.11 Å². The van der Waals surface area contributed by atoms with Crippen LogP contribution in [0.25, 0.3) is 0 Å². The summed E-state index contributed by atoms with van der Waals surface area (Å²) in [7, 11) is -5.29. The second-order valence-electron chi connectivity index (χ2n) is 6.98. The van der Waals surface area contributed by atoms with Gasteiger partial charge in [0.05, 0.1) is 0 Å². The highest BCUT2D eigenvalue weighted by atomic mass is 28.4. The Kier molecular flexibility index (Phi) is 7.78. The maximum atomic E-state index is 13.8. The van der Waals surface area contributed by atoms with Crippen molar-refractivity contribution < 1.29 is 79.1 Å². The molecule has 0 aliphatic carbocycles. The van der Waals surface area contributed by atoms with E-state index in [0.29, 0.717) is 0 Å². The summed E-state index contributed by atoms with van der Waals surface area (Å²) < 4.78 is 230. The summed E-state index contributed by atoms with van der Waals surface area (Å²) >= 11 is 0. The molecule has 0 aromatic heterocycles. The van der Waals surface area contributed by atoms with E-state index in [4.69, 9.17) is 0 Å². The third kappa shape index (κ3) is 4.38. The predicted octanol–water partition coefficient (Wildman–Crippen LogP) is 7.17. The molecule has 194 valence electrons. The van der Waals surface area contributed by atoms with Gasteiger partial charge in [0.1, 0.15) is 0 Å². The fourth-order valence-electron chi connectivity index (χ4n) is 1.98. The van der Waals surface area contributed by atoms with Gasteiger partial charge in [-0.2, -0.15) is 65.9 Å². The first-order valence-corrected chi connectivity index (χ1v) is 10.7. The number of halogens is 17. The van der Waals surface area contributed by atoms with Crippen LogP contribution in [0.15, 0.2) is 0 Å². The van der Waals surface area contributed by atoms with Gasteiger partial charge in [-0.25, -0.2) is 8.78 Å². The highest BCUT2D eigenvalue weighted by Gasteiger charge is 2.93. The number of alkyl halides is 17. The molecule has 0 aliphatic rings. The Morgan fingerprint density at radius 2 is 0.812 bits per heavy atom. The van der Waals surface area contributed by atoms with E-state index >= 15 is 0 Å². The van der Waals surface area contributed by atoms with Crippen molar-refractivity contribution in [3.63, 3.8) is 0 Å². The Balaban J connectivity index is 6.61. The van der Waals surface area contributed by atoms with Crippen molar-refractivity contribution in [3.8, 4) is 0 Å². The molecule has 0 unspecified atom stereocenters. The standard InChI is InChI=1S/C13H13F17OSi/c1-31-32(2,3)13(29,30)12(27,28)11(25,26)10(23,24)9(21,22)8(19,20)6(14,15)4-5-7(16,17)18/h4-5H2,1-3H3. The van der Waals surface area contributed by atoms with Crippen LogP contribution < -0.4 is 0 Å². The lowest BCUT2D eigenvalue weighted by molar-refractivity contribution is -0.437. The molecule has 0 bridgehead atoms. The van der Waals surface area contributed by atoms with Gasteiger partial charge in [-0.1, -0.05) is 0 Å². The molecule has 0 fully saturated rings. The maximum Gasteiger partial charge on any atom is 0.389 e. The molecule has 0 heterocycles. The van der Waals surface area contributed by atoms with E-state index in [-0.39, 0.29) is 20.2 Å². The molecular formula is C13H13F17OSi. The average molecular weight is 536 g/mol. The quantitative estimate of drug-likeness (QED) is 0.213. The first-order chi connectivity index (χ1) is 13.5. The molecule has 0 N–H and O–H groups in total. The van der Waals surface area contributed by atoms with Crippen LogP contribution in [-0.2, 0) is 4.43 Å². The first-order valence-electron chi connectivity index (χ1n) is 7.78. The van der Waals surface area contributed by atoms with Crippen LogP contribution in [0.3, 0.4) is 0 Å². The summed E-state index contributed by atoms with van der Waals surface area (Å²) in [4.78, 5) is 0. The lowest BCUT2D eigenvalue weighted by Gasteiger charge is -2.44. The van der Waals surface area contributed by atoms with Gasteiger partial charge in [-0.05, 0) is 13.1 Å². The van der Waals surface area contributed by atoms with E-state index in [1.165, 1.54) is 0 Å². The van der Waals surface area contributed by atoms with E-state index in [1.807, 2.05) is 0 Å². The molecule has 0 saturated carbocycles. The van der Waals surface area contributed by atoms with Crippen LogP contribution in [0, 0.1) is 0 Å². The number of hydrogen-bond acceptors (Lipinski definition) is 1.